The zero-order chi connectivity index (χ0) is 22.8. The molecule has 0 spiro atoms. The van der Waals surface area contributed by atoms with Crippen LogP contribution in [0.15, 0.2) is 58.3 Å². The molecule has 1 aliphatic rings. The van der Waals surface area contributed by atoms with Crippen LogP contribution in [0, 0.1) is 13.8 Å². The molecule has 7 heteroatoms. The molecule has 4 heterocycles. The number of aromatic nitrogens is 4. The van der Waals surface area contributed by atoms with E-state index >= 15 is 0 Å². The summed E-state index contributed by atoms with van der Waals surface area (Å²) in [6.07, 6.45) is 7.42. The van der Waals surface area contributed by atoms with E-state index in [2.05, 4.69) is 66.6 Å². The first-order valence-electron chi connectivity index (χ1n) is 10.8. The fraction of sp³-hybridized carbons (Fsp3) is 0.360. The van der Waals surface area contributed by atoms with E-state index in [1.54, 1.807) is 12.5 Å². The highest BCUT2D eigenvalue weighted by atomic mass is 16.5. The Morgan fingerprint density at radius 1 is 1.09 bits per heavy atom. The first-order valence-corrected chi connectivity index (χ1v) is 10.8. The minimum Gasteiger partial charge on any atom is -0.487 e. The van der Waals surface area contributed by atoms with Gasteiger partial charge in [0.2, 0.25) is 0 Å². The lowest BCUT2D eigenvalue weighted by atomic mass is 10.1. The first kappa shape index (κ1) is 21.7. The van der Waals surface area contributed by atoms with Gasteiger partial charge in [-0.05, 0) is 50.1 Å². The van der Waals surface area contributed by atoms with E-state index in [-0.39, 0.29) is 5.92 Å². The van der Waals surface area contributed by atoms with E-state index in [4.69, 9.17) is 14.1 Å². The normalized spacial score (nSPS) is 14.2. The number of allylic oxidation sites excluding steroid dienone is 2. The molecule has 7 nitrogen and oxygen atoms in total. The lowest BCUT2D eigenvalue weighted by Gasteiger charge is -2.32. The molecule has 0 radical (unpaired) electrons. The average Bonchev–Trinajstić information content (AvgIpc) is 3.19. The maximum Gasteiger partial charge on any atom is 0.191 e. The summed E-state index contributed by atoms with van der Waals surface area (Å²) in [6, 6.07) is 4.02. The second-order valence-corrected chi connectivity index (χ2v) is 8.47. The molecule has 3 aromatic rings. The highest BCUT2D eigenvalue weighted by molar-refractivity contribution is 5.67. The van der Waals surface area contributed by atoms with Crippen LogP contribution in [0.3, 0.4) is 0 Å². The van der Waals surface area contributed by atoms with Gasteiger partial charge >= 0.3 is 0 Å². The van der Waals surface area contributed by atoms with Gasteiger partial charge in [-0.3, -0.25) is 4.98 Å². The molecule has 1 aliphatic heterocycles. The van der Waals surface area contributed by atoms with Crippen LogP contribution in [-0.2, 0) is 11.3 Å². The third-order valence-electron chi connectivity index (χ3n) is 5.44. The highest BCUT2D eigenvalue weighted by Gasteiger charge is 2.21. The van der Waals surface area contributed by atoms with Gasteiger partial charge in [0.25, 0.3) is 0 Å². The van der Waals surface area contributed by atoms with Crippen molar-refractivity contribution >= 4 is 5.69 Å². The Bertz CT molecular complexity index is 1190. The summed E-state index contributed by atoms with van der Waals surface area (Å²) in [5, 5.41) is 0. The Kier molecular flexibility index (Phi) is 6.08. The molecule has 0 aromatic carbocycles. The molecule has 0 unspecified atom stereocenters. The lowest BCUT2D eigenvalue weighted by molar-refractivity contribution is 0.202. The van der Waals surface area contributed by atoms with Gasteiger partial charge in [-0.25, -0.2) is 15.0 Å². The van der Waals surface area contributed by atoms with Crippen molar-refractivity contribution in [3.05, 3.63) is 76.9 Å². The molecule has 0 atom stereocenters. The molecule has 0 saturated carbocycles. The molecule has 32 heavy (non-hydrogen) atoms. The average molecular weight is 432 g/mol. The number of ether oxygens (including phenoxy) is 1. The number of pyridine rings is 1. The topological polar surface area (TPSA) is 77.2 Å². The van der Waals surface area contributed by atoms with Gasteiger partial charge in [0.05, 0.1) is 11.4 Å². The molecule has 0 amide bonds. The summed E-state index contributed by atoms with van der Waals surface area (Å²) in [7, 11) is 0. The van der Waals surface area contributed by atoms with Gasteiger partial charge in [0.15, 0.2) is 5.89 Å². The molecular weight excluding hydrogens is 402 g/mol. The number of aryl methyl sites for hydroxylation is 2. The van der Waals surface area contributed by atoms with E-state index in [0.717, 1.165) is 57.7 Å². The number of hydrogen-bond donors (Lipinski definition) is 0. The van der Waals surface area contributed by atoms with Crippen molar-refractivity contribution in [3.8, 4) is 11.4 Å². The maximum atomic E-state index is 6.03. The fourth-order valence-electron chi connectivity index (χ4n) is 3.64. The van der Waals surface area contributed by atoms with Crippen molar-refractivity contribution < 1.29 is 9.15 Å². The molecule has 3 aromatic heterocycles. The SMILES string of the molecule is CC1=CC(OCc2coc(C)n2)=C(C)CN1c1cc(-c2ccnc(C(C)C)n2)ncc1C. The van der Waals surface area contributed by atoms with Gasteiger partial charge in [0.1, 0.15) is 30.1 Å². The maximum absolute atomic E-state index is 6.03. The smallest absolute Gasteiger partial charge is 0.191 e. The summed E-state index contributed by atoms with van der Waals surface area (Å²) in [4.78, 5) is 20.3. The van der Waals surface area contributed by atoms with Crippen LogP contribution in [0.5, 0.6) is 0 Å². The molecule has 4 rings (SSSR count). The Hall–Kier alpha value is -3.48. The van der Waals surface area contributed by atoms with Crippen molar-refractivity contribution in [2.75, 3.05) is 11.4 Å². The minimum atomic E-state index is 0.263. The van der Waals surface area contributed by atoms with E-state index in [0.29, 0.717) is 12.5 Å². The minimum absolute atomic E-state index is 0.263. The number of nitrogens with zero attached hydrogens (tertiary/aromatic N) is 5. The van der Waals surface area contributed by atoms with Gasteiger partial charge in [0, 0.05) is 43.2 Å². The molecule has 166 valence electrons. The third kappa shape index (κ3) is 4.56. The number of hydrogen-bond acceptors (Lipinski definition) is 7. The van der Waals surface area contributed by atoms with Crippen molar-refractivity contribution in [2.45, 2.75) is 54.1 Å². The summed E-state index contributed by atoms with van der Waals surface area (Å²) < 4.78 is 11.3. The summed E-state index contributed by atoms with van der Waals surface area (Å²) in [5.74, 6) is 2.61. The predicted molar refractivity (Wildman–Crippen MR) is 124 cm³/mol. The van der Waals surface area contributed by atoms with Crippen molar-refractivity contribution in [2.24, 2.45) is 0 Å². The summed E-state index contributed by atoms with van der Waals surface area (Å²) in [5.41, 5.74) is 6.94. The van der Waals surface area contributed by atoms with E-state index in [1.807, 2.05) is 19.2 Å². The number of anilines is 1. The van der Waals surface area contributed by atoms with Crippen molar-refractivity contribution in [3.63, 3.8) is 0 Å². The van der Waals surface area contributed by atoms with E-state index in [1.165, 1.54) is 0 Å². The highest BCUT2D eigenvalue weighted by Crippen LogP contribution is 2.32. The molecule has 0 fully saturated rings. The van der Waals surface area contributed by atoms with E-state index < -0.39 is 0 Å². The second-order valence-electron chi connectivity index (χ2n) is 8.47. The number of oxazole rings is 1. The Morgan fingerprint density at radius 3 is 2.62 bits per heavy atom. The summed E-state index contributed by atoms with van der Waals surface area (Å²) >= 11 is 0. The van der Waals surface area contributed by atoms with Gasteiger partial charge < -0.3 is 14.1 Å². The van der Waals surface area contributed by atoms with Crippen LogP contribution in [0.25, 0.3) is 11.4 Å². The standard InChI is InChI=1S/C25H29N5O2/c1-15(2)25-26-8-7-21(29-25)22-10-23(16(3)11-27-22)30-12-17(4)24(9-18(30)5)32-14-20-13-31-19(6)28-20/h7-11,13,15H,12,14H2,1-6H3. The Morgan fingerprint density at radius 2 is 1.91 bits per heavy atom. The largest absolute Gasteiger partial charge is 0.487 e. The van der Waals surface area contributed by atoms with Crippen molar-refractivity contribution in [1.29, 1.82) is 0 Å². The van der Waals surface area contributed by atoms with Crippen LogP contribution >= 0.6 is 0 Å². The fourth-order valence-corrected chi connectivity index (χ4v) is 3.64. The zero-order valence-electron chi connectivity index (χ0n) is 19.5. The van der Waals surface area contributed by atoms with Gasteiger partial charge in [-0.15, -0.1) is 0 Å². The van der Waals surface area contributed by atoms with E-state index in [9.17, 15) is 0 Å². The lowest BCUT2D eigenvalue weighted by Crippen LogP contribution is -2.28. The van der Waals surface area contributed by atoms with Crippen LogP contribution in [0.1, 0.15) is 56.6 Å². The van der Waals surface area contributed by atoms with Crippen LogP contribution in [0.2, 0.25) is 0 Å². The molecule has 0 saturated heterocycles. The quantitative estimate of drug-likeness (QED) is 0.511. The van der Waals surface area contributed by atoms with Crippen LogP contribution in [-0.4, -0.2) is 26.5 Å². The van der Waals surface area contributed by atoms with Crippen LogP contribution < -0.4 is 4.90 Å². The Balaban J connectivity index is 1.58. The Labute approximate surface area is 188 Å². The number of rotatable bonds is 6. The van der Waals surface area contributed by atoms with Crippen molar-refractivity contribution in [1.82, 2.24) is 19.9 Å². The van der Waals surface area contributed by atoms with Gasteiger partial charge in [-0.1, -0.05) is 13.8 Å². The summed E-state index contributed by atoms with van der Waals surface area (Å²) in [6.45, 7) is 13.4. The van der Waals surface area contributed by atoms with Gasteiger partial charge in [-0.2, -0.15) is 0 Å². The monoisotopic (exact) mass is 431 g/mol. The molecule has 0 N–H and O–H groups in total. The van der Waals surface area contributed by atoms with Crippen LogP contribution in [0.4, 0.5) is 5.69 Å². The second kappa shape index (κ2) is 8.94. The molecular formula is C25H29N5O2. The first-order chi connectivity index (χ1) is 15.3. The zero-order valence-corrected chi connectivity index (χ0v) is 19.5. The molecule has 0 bridgehead atoms. The molecule has 0 aliphatic carbocycles. The predicted octanol–water partition coefficient (Wildman–Crippen LogP) is 5.48. The third-order valence-corrected chi connectivity index (χ3v) is 5.44.